The molecule has 0 unspecified atom stereocenters. The van der Waals surface area contributed by atoms with Crippen molar-refractivity contribution in [2.24, 2.45) is 0 Å². The number of aliphatic hydroxyl groups is 1. The third-order valence-corrected chi connectivity index (χ3v) is 8.77. The summed E-state index contributed by atoms with van der Waals surface area (Å²) in [4.78, 5) is 61.4. The molecule has 0 saturated carbocycles. The van der Waals surface area contributed by atoms with Crippen LogP contribution < -0.4 is 19.7 Å². The molecule has 2 aromatic heterocycles. The van der Waals surface area contributed by atoms with Gasteiger partial charge in [-0.2, -0.15) is 9.97 Å². The van der Waals surface area contributed by atoms with Gasteiger partial charge >= 0.3 is 23.6 Å². The van der Waals surface area contributed by atoms with Crippen LogP contribution in [0.2, 0.25) is 10.3 Å². The topological polar surface area (TPSA) is 244 Å². The van der Waals surface area contributed by atoms with Crippen molar-refractivity contribution < 1.29 is 80.6 Å². The van der Waals surface area contributed by atoms with E-state index in [9.17, 15) is 29.8 Å². The number of aromatic nitrogens is 4. The summed E-state index contributed by atoms with van der Waals surface area (Å²) in [6.45, 7) is 11.8. The van der Waals surface area contributed by atoms with E-state index in [0.717, 1.165) is 45.3 Å². The molecular weight excluding hydrogens is 993 g/mol. The quantitative estimate of drug-likeness (QED) is 0.0222. The molecule has 0 aliphatic carbocycles. The first-order valence-corrected chi connectivity index (χ1v) is 21.1. The van der Waals surface area contributed by atoms with E-state index >= 15 is 0 Å². The first-order chi connectivity index (χ1) is 29.3. The van der Waals surface area contributed by atoms with Crippen LogP contribution in [0.15, 0.2) is 84.2 Å². The summed E-state index contributed by atoms with van der Waals surface area (Å²) in [5.74, 6) is 0.978. The largest absolute Gasteiger partial charge is 0.490 e. The molecule has 4 rings (SSSR count). The maximum Gasteiger partial charge on any atom is 0.415 e. The minimum Gasteiger partial charge on any atom is -0.490 e. The van der Waals surface area contributed by atoms with E-state index in [0.29, 0.717) is 31.8 Å². The minimum atomic E-state index is -0.845. The number of carbonyl (C=O) groups excluding carboxylic acids is 2. The number of carbonyl (C=O) groups is 2. The van der Waals surface area contributed by atoms with Crippen LogP contribution in [-0.4, -0.2) is 99.2 Å². The van der Waals surface area contributed by atoms with E-state index < -0.39 is 33.4 Å². The van der Waals surface area contributed by atoms with Gasteiger partial charge < -0.3 is 24.1 Å². The normalized spacial score (nSPS) is 9.61. The summed E-state index contributed by atoms with van der Waals surface area (Å²) >= 11 is 14.0. The number of halogens is 2. The molecule has 0 aliphatic rings. The molecule has 2 radical (unpaired) electrons. The van der Waals surface area contributed by atoms with Gasteiger partial charge in [0.15, 0.2) is 10.3 Å². The Morgan fingerprint density at radius 1 is 0.812 bits per heavy atom. The number of hydrogen-bond acceptors (Lipinski definition) is 17. The Morgan fingerprint density at radius 3 is 1.75 bits per heavy atom. The zero-order valence-electron chi connectivity index (χ0n) is 34.5. The van der Waals surface area contributed by atoms with E-state index in [1.807, 2.05) is 42.5 Å². The second-order valence-electron chi connectivity index (χ2n) is 11.3. The standard InChI is InChI=1S/C19H21ClN4O5S.C11H14O2.C8H9ClN4O4S.CH4.2V/c1-4-11-29-14-8-6-7-13(12-14)9-10-23(19(25)28-5-2)17-15(24(26)27)16(20)21-18(22-17)30-3;1-2-8-13-11-5-3-4-10(9-11)6-7-12;1-3-17-8(14)12-6-4(13(15)16)5(9)10-7(11-6)18-2;;;/h4,6-8,12H,1,5,9-11H2,2-3H3;2-5,9,12H,1,6-8H2;3H2,1-2H3,(H,10,11,12,14);1H4;;. The molecule has 0 bridgehead atoms. The number of thioether (sulfide) groups is 2. The Morgan fingerprint density at radius 2 is 1.30 bits per heavy atom. The van der Waals surface area contributed by atoms with E-state index in [4.69, 9.17) is 42.5 Å². The van der Waals surface area contributed by atoms with Crippen LogP contribution >= 0.6 is 46.7 Å². The Labute approximate surface area is 413 Å². The molecule has 0 aliphatic heterocycles. The Balaban J connectivity index is 0. The van der Waals surface area contributed by atoms with Gasteiger partial charge in [0.2, 0.25) is 21.9 Å². The average Bonchev–Trinajstić information content (AvgIpc) is 3.22. The van der Waals surface area contributed by atoms with Crippen molar-refractivity contribution in [3.05, 3.63) is 116 Å². The van der Waals surface area contributed by atoms with Crippen molar-refractivity contribution in [1.29, 1.82) is 0 Å². The van der Waals surface area contributed by atoms with Crippen molar-refractivity contribution in [1.82, 2.24) is 19.9 Å². The monoisotopic (exact) mass is 1040 g/mol. The molecule has 2 amide bonds. The number of nitrogens with zero attached hydrogens (tertiary/aromatic N) is 7. The molecule has 0 atom stereocenters. The maximum absolute atomic E-state index is 12.6. The van der Waals surface area contributed by atoms with Crippen molar-refractivity contribution in [2.45, 2.75) is 44.4 Å². The Bertz CT molecular complexity index is 2140. The fourth-order valence-electron chi connectivity index (χ4n) is 4.59. The fourth-order valence-corrected chi connectivity index (χ4v) is 5.89. The van der Waals surface area contributed by atoms with E-state index in [1.165, 1.54) is 0 Å². The van der Waals surface area contributed by atoms with E-state index in [2.05, 4.69) is 43.1 Å². The van der Waals surface area contributed by atoms with Crippen LogP contribution in [0.1, 0.15) is 32.4 Å². The fraction of sp³-hybridized carbons (Fsp3) is 0.333. The molecule has 25 heteroatoms. The van der Waals surface area contributed by atoms with Crippen molar-refractivity contribution in [3.63, 3.8) is 0 Å². The minimum absolute atomic E-state index is 0. The molecule has 0 spiro atoms. The van der Waals surface area contributed by atoms with Crippen LogP contribution in [0.4, 0.5) is 32.6 Å². The number of nitro groups is 2. The van der Waals surface area contributed by atoms with Gasteiger partial charge in [-0.05, 0) is 74.6 Å². The van der Waals surface area contributed by atoms with Crippen LogP contribution in [0.5, 0.6) is 11.5 Å². The van der Waals surface area contributed by atoms with Gasteiger partial charge in [-0.3, -0.25) is 30.4 Å². The van der Waals surface area contributed by atoms with Crippen LogP contribution in [0, 0.1) is 20.2 Å². The molecule has 2 aromatic carbocycles. The summed E-state index contributed by atoms with van der Waals surface area (Å²) < 4.78 is 20.6. The number of amides is 2. The molecule has 64 heavy (non-hydrogen) atoms. The number of anilines is 2. The van der Waals surface area contributed by atoms with Gasteiger partial charge in [0.05, 0.1) is 23.1 Å². The summed E-state index contributed by atoms with van der Waals surface area (Å²) in [5, 5.41) is 33.0. The van der Waals surface area contributed by atoms with E-state index in [-0.39, 0.29) is 103 Å². The molecule has 2 heterocycles. The number of hydrogen-bond donors (Lipinski definition) is 2. The number of rotatable bonds is 19. The molecular formula is C39H48Cl2N8O11S2V2. The Hall–Kier alpha value is -4.57. The molecule has 0 saturated heterocycles. The summed E-state index contributed by atoms with van der Waals surface area (Å²) in [6.07, 6.45) is 6.15. The number of aliphatic hydroxyl groups excluding tert-OH is 1. The van der Waals surface area contributed by atoms with Crippen molar-refractivity contribution >= 4 is 81.9 Å². The van der Waals surface area contributed by atoms with Crippen molar-refractivity contribution in [3.8, 4) is 11.5 Å². The predicted octanol–water partition coefficient (Wildman–Crippen LogP) is 9.28. The first kappa shape index (κ1) is 61.5. The summed E-state index contributed by atoms with van der Waals surface area (Å²) in [6, 6.07) is 15.0. The van der Waals surface area contributed by atoms with E-state index in [1.54, 1.807) is 44.6 Å². The van der Waals surface area contributed by atoms with Crippen LogP contribution in [-0.2, 0) is 59.4 Å². The number of ether oxygens (including phenoxy) is 4. The zero-order chi connectivity index (χ0) is 45.3. The van der Waals surface area contributed by atoms with Crippen LogP contribution in [0.3, 0.4) is 0 Å². The van der Waals surface area contributed by atoms with Gasteiger partial charge in [0.25, 0.3) is 0 Å². The third-order valence-electron chi connectivity index (χ3n) is 7.15. The number of nitrogens with one attached hydrogen (secondary N) is 1. The molecule has 346 valence electrons. The van der Waals surface area contributed by atoms with Gasteiger partial charge in [-0.1, -0.05) is 104 Å². The predicted molar refractivity (Wildman–Crippen MR) is 241 cm³/mol. The van der Waals surface area contributed by atoms with Gasteiger partial charge in [-0.15, -0.1) is 0 Å². The van der Waals surface area contributed by atoms with Gasteiger partial charge in [0.1, 0.15) is 24.7 Å². The number of benzene rings is 2. The van der Waals surface area contributed by atoms with Crippen LogP contribution in [0.25, 0.3) is 0 Å². The SMILES string of the molecule is C.C=CCOc1cccc(CCN(C(=O)OCC)c2nc(SC)nc(Cl)c2[N+](=O)[O-])c1.C=CCOc1cccc(CCO)c1.CCOC(=O)Nc1nc(SC)nc(Cl)c1[N+](=O)[O-].[V].[V]. The summed E-state index contributed by atoms with van der Waals surface area (Å²) in [5.41, 5.74) is 0.830. The summed E-state index contributed by atoms with van der Waals surface area (Å²) in [7, 11) is 0. The maximum atomic E-state index is 12.6. The molecule has 4 aromatic rings. The molecule has 0 fully saturated rings. The second kappa shape index (κ2) is 33.9. The second-order valence-corrected chi connectivity index (χ2v) is 13.6. The smallest absolute Gasteiger partial charge is 0.415 e. The zero-order valence-corrected chi connectivity index (χ0v) is 40.4. The van der Waals surface area contributed by atoms with Crippen molar-refractivity contribution in [2.75, 3.05) is 62.3 Å². The van der Waals surface area contributed by atoms with Gasteiger partial charge in [-0.25, -0.2) is 19.6 Å². The molecule has 19 nitrogen and oxygen atoms in total. The Kier molecular flexibility index (Phi) is 32.6. The average molecular weight is 1040 g/mol. The third kappa shape index (κ3) is 20.9. The first-order valence-electron chi connectivity index (χ1n) is 17.9. The molecule has 2 N–H and O–H groups in total. The van der Waals surface area contributed by atoms with Gasteiger partial charge in [0, 0.05) is 50.3 Å².